The average Bonchev–Trinajstić information content (AvgIpc) is 3.52. The number of hydrogen-bond acceptors (Lipinski definition) is 6. The summed E-state index contributed by atoms with van der Waals surface area (Å²) in [7, 11) is 3.62. The molecule has 9 nitrogen and oxygen atoms in total. The summed E-state index contributed by atoms with van der Waals surface area (Å²) in [6.45, 7) is 4.91. The van der Waals surface area contributed by atoms with Gasteiger partial charge in [0.1, 0.15) is 5.82 Å². The first-order valence-corrected chi connectivity index (χ1v) is 11.4. The predicted molar refractivity (Wildman–Crippen MR) is 114 cm³/mol. The van der Waals surface area contributed by atoms with Gasteiger partial charge in [0.05, 0.1) is 32.3 Å². The maximum atomic E-state index is 12.9. The summed E-state index contributed by atoms with van der Waals surface area (Å²) in [6, 6.07) is 0.213. The molecule has 1 N–H and O–H groups in total. The maximum Gasteiger partial charge on any atom is 0.222 e. The van der Waals surface area contributed by atoms with Crippen LogP contribution in [0.25, 0.3) is 0 Å². The molecule has 4 heterocycles. The molecule has 3 aliphatic heterocycles. The molecule has 4 atom stereocenters. The van der Waals surface area contributed by atoms with Crippen LogP contribution in [0.15, 0.2) is 12.4 Å². The van der Waals surface area contributed by atoms with Crippen LogP contribution in [0.4, 0.5) is 0 Å². The Hall–Kier alpha value is -1.97. The van der Waals surface area contributed by atoms with Gasteiger partial charge < -0.3 is 24.3 Å². The summed E-state index contributed by atoms with van der Waals surface area (Å²) >= 11 is 0. The maximum absolute atomic E-state index is 12.9. The van der Waals surface area contributed by atoms with E-state index in [1.54, 1.807) is 7.11 Å². The van der Waals surface area contributed by atoms with E-state index in [0.717, 1.165) is 44.8 Å². The number of imidazole rings is 1. The Labute approximate surface area is 184 Å². The first-order valence-electron chi connectivity index (χ1n) is 11.4. The second kappa shape index (κ2) is 10.1. The zero-order chi connectivity index (χ0) is 21.8. The summed E-state index contributed by atoms with van der Waals surface area (Å²) in [5, 5.41) is 2.90. The number of rotatable bonds is 9. The molecular formula is C22H35N5O4. The minimum Gasteiger partial charge on any atom is -0.383 e. The Morgan fingerprint density at radius 3 is 2.81 bits per heavy atom. The van der Waals surface area contributed by atoms with E-state index in [4.69, 9.17) is 9.47 Å². The molecule has 172 valence electrons. The van der Waals surface area contributed by atoms with Crippen LogP contribution in [0.3, 0.4) is 0 Å². The number of aryl methyl sites for hydroxylation is 1. The van der Waals surface area contributed by atoms with E-state index < -0.39 is 0 Å². The Kier molecular flexibility index (Phi) is 7.24. The number of methoxy groups -OCH3 is 1. The number of aromatic nitrogens is 2. The van der Waals surface area contributed by atoms with Crippen LogP contribution in [0.5, 0.6) is 0 Å². The van der Waals surface area contributed by atoms with Gasteiger partial charge in [-0.2, -0.15) is 0 Å². The lowest BCUT2D eigenvalue weighted by Crippen LogP contribution is -2.37. The van der Waals surface area contributed by atoms with Crippen LogP contribution in [-0.4, -0.2) is 89.8 Å². The topological polar surface area (TPSA) is 88.9 Å². The van der Waals surface area contributed by atoms with Crippen molar-refractivity contribution < 1.29 is 19.1 Å². The number of amides is 2. The van der Waals surface area contributed by atoms with Crippen LogP contribution in [0.2, 0.25) is 0 Å². The number of fused-ring (bicyclic) bond motifs is 1. The Morgan fingerprint density at radius 1 is 1.29 bits per heavy atom. The molecule has 3 saturated heterocycles. The number of hydrogen-bond donors (Lipinski definition) is 1. The molecule has 0 radical (unpaired) electrons. The Balaban J connectivity index is 1.44. The fraction of sp³-hybridized carbons (Fsp3) is 0.773. The molecule has 0 aromatic carbocycles. The zero-order valence-electron chi connectivity index (χ0n) is 18.7. The van der Waals surface area contributed by atoms with Gasteiger partial charge in [0.25, 0.3) is 0 Å². The van der Waals surface area contributed by atoms with Crippen LogP contribution in [-0.2, 0) is 32.7 Å². The molecular weight excluding hydrogens is 398 g/mol. The first kappa shape index (κ1) is 22.2. The summed E-state index contributed by atoms with van der Waals surface area (Å²) < 4.78 is 13.2. The standard InChI is InChI=1S/C22H35N5O4/c1-25-9-5-23-19(25)14-27-13-16(11-21(29)26-7-3-4-8-26)22-17(27)15-31-18(22)12-20(28)24-6-10-30-2/h5,9,16-18,22H,3-4,6-8,10-15H2,1-2H3,(H,24,28)/t16-,17-,18+,22-/m1/s1. The molecule has 3 fully saturated rings. The minimum atomic E-state index is -0.157. The van der Waals surface area contributed by atoms with Crippen molar-refractivity contribution in [1.82, 2.24) is 24.7 Å². The molecule has 4 rings (SSSR count). The van der Waals surface area contributed by atoms with E-state index in [0.29, 0.717) is 32.6 Å². The highest BCUT2D eigenvalue weighted by Gasteiger charge is 2.51. The third-order valence-electron chi connectivity index (χ3n) is 7.01. The number of carbonyl (C=O) groups excluding carboxylic acids is 2. The van der Waals surface area contributed by atoms with Gasteiger partial charge in [0.2, 0.25) is 11.8 Å². The molecule has 9 heteroatoms. The number of ether oxygens (including phenoxy) is 2. The lowest BCUT2D eigenvalue weighted by atomic mass is 9.84. The molecule has 1 aromatic rings. The summed E-state index contributed by atoms with van der Waals surface area (Å²) in [4.78, 5) is 34.2. The monoisotopic (exact) mass is 433 g/mol. The molecule has 0 unspecified atom stereocenters. The summed E-state index contributed by atoms with van der Waals surface area (Å²) in [6.07, 6.45) is 6.67. The fourth-order valence-electron chi connectivity index (χ4n) is 5.39. The summed E-state index contributed by atoms with van der Waals surface area (Å²) in [5.41, 5.74) is 0. The van der Waals surface area contributed by atoms with Gasteiger partial charge in [-0.3, -0.25) is 14.5 Å². The number of nitrogens with zero attached hydrogens (tertiary/aromatic N) is 4. The second-order valence-corrected chi connectivity index (χ2v) is 9.00. The predicted octanol–water partition coefficient (Wildman–Crippen LogP) is 0.401. The highest BCUT2D eigenvalue weighted by atomic mass is 16.5. The Morgan fingerprint density at radius 2 is 2.10 bits per heavy atom. The number of likely N-dealkylation sites (tertiary alicyclic amines) is 2. The third-order valence-corrected chi connectivity index (χ3v) is 7.01. The van der Waals surface area contributed by atoms with E-state index in [1.165, 1.54) is 0 Å². The van der Waals surface area contributed by atoms with Crippen molar-refractivity contribution in [2.75, 3.05) is 46.5 Å². The quantitative estimate of drug-likeness (QED) is 0.567. The second-order valence-electron chi connectivity index (χ2n) is 9.00. The minimum absolute atomic E-state index is 0.0186. The van der Waals surface area contributed by atoms with Crippen molar-refractivity contribution in [2.24, 2.45) is 18.9 Å². The van der Waals surface area contributed by atoms with Crippen molar-refractivity contribution in [2.45, 2.75) is 44.4 Å². The summed E-state index contributed by atoms with van der Waals surface area (Å²) in [5.74, 6) is 1.61. The zero-order valence-corrected chi connectivity index (χ0v) is 18.7. The number of carbonyl (C=O) groups is 2. The lowest BCUT2D eigenvalue weighted by molar-refractivity contribution is -0.131. The average molecular weight is 434 g/mol. The van der Waals surface area contributed by atoms with Gasteiger partial charge in [0, 0.05) is 71.1 Å². The molecule has 2 amide bonds. The lowest BCUT2D eigenvalue weighted by Gasteiger charge is -2.24. The van der Waals surface area contributed by atoms with Crippen molar-refractivity contribution in [1.29, 1.82) is 0 Å². The fourth-order valence-corrected chi connectivity index (χ4v) is 5.39. The van der Waals surface area contributed by atoms with Gasteiger partial charge in [0.15, 0.2) is 0 Å². The largest absolute Gasteiger partial charge is 0.383 e. The van der Waals surface area contributed by atoms with Crippen molar-refractivity contribution in [3.05, 3.63) is 18.2 Å². The third kappa shape index (κ3) is 5.10. The SMILES string of the molecule is COCCNC(=O)C[C@@H]1OC[C@@H]2[C@H]1[C@H](CC(=O)N1CCCC1)CN2Cc1nccn1C. The van der Waals surface area contributed by atoms with Crippen LogP contribution in [0, 0.1) is 11.8 Å². The molecule has 1 aromatic heterocycles. The Bertz CT molecular complexity index is 763. The molecule has 0 bridgehead atoms. The first-order chi connectivity index (χ1) is 15.1. The number of nitrogens with one attached hydrogen (secondary N) is 1. The van der Waals surface area contributed by atoms with Gasteiger partial charge >= 0.3 is 0 Å². The van der Waals surface area contributed by atoms with Gasteiger partial charge in [-0.15, -0.1) is 0 Å². The van der Waals surface area contributed by atoms with E-state index >= 15 is 0 Å². The molecule has 3 aliphatic rings. The van der Waals surface area contributed by atoms with Crippen LogP contribution >= 0.6 is 0 Å². The van der Waals surface area contributed by atoms with E-state index in [9.17, 15) is 9.59 Å². The van der Waals surface area contributed by atoms with Gasteiger partial charge in [-0.05, 0) is 18.8 Å². The van der Waals surface area contributed by atoms with Gasteiger partial charge in [-0.1, -0.05) is 0 Å². The van der Waals surface area contributed by atoms with E-state index in [2.05, 4.69) is 15.2 Å². The molecule has 0 aliphatic carbocycles. The smallest absolute Gasteiger partial charge is 0.222 e. The molecule has 0 spiro atoms. The normalized spacial score (nSPS) is 28.3. The van der Waals surface area contributed by atoms with Gasteiger partial charge in [-0.25, -0.2) is 4.98 Å². The van der Waals surface area contributed by atoms with Crippen LogP contribution in [0.1, 0.15) is 31.5 Å². The highest BCUT2D eigenvalue weighted by molar-refractivity contribution is 5.77. The van der Waals surface area contributed by atoms with E-state index in [1.807, 2.05) is 28.9 Å². The van der Waals surface area contributed by atoms with Crippen molar-refractivity contribution in [3.63, 3.8) is 0 Å². The van der Waals surface area contributed by atoms with E-state index in [-0.39, 0.29) is 35.8 Å². The van der Waals surface area contributed by atoms with Crippen molar-refractivity contribution >= 4 is 11.8 Å². The highest BCUT2D eigenvalue weighted by Crippen LogP contribution is 2.42. The molecule has 31 heavy (non-hydrogen) atoms. The van der Waals surface area contributed by atoms with Crippen molar-refractivity contribution in [3.8, 4) is 0 Å². The van der Waals surface area contributed by atoms with Crippen LogP contribution < -0.4 is 5.32 Å². The molecule has 0 saturated carbocycles.